The number of halogens is 1. The van der Waals surface area contributed by atoms with Gasteiger partial charge in [0, 0.05) is 26.1 Å². The van der Waals surface area contributed by atoms with Gasteiger partial charge in [0.05, 0.1) is 31.0 Å². The van der Waals surface area contributed by atoms with Crippen molar-refractivity contribution in [3.05, 3.63) is 76.7 Å². The summed E-state index contributed by atoms with van der Waals surface area (Å²) in [5.41, 5.74) is 2.96. The molecular formula is C26H27FN4O4. The van der Waals surface area contributed by atoms with Gasteiger partial charge in [0.25, 0.3) is 0 Å². The third-order valence-corrected chi connectivity index (χ3v) is 6.11. The first-order valence-electron chi connectivity index (χ1n) is 11.7. The molecule has 8 nitrogen and oxygen atoms in total. The molecule has 1 saturated heterocycles. The topological polar surface area (TPSA) is 77.0 Å². The molecule has 5 rings (SSSR count). The maximum absolute atomic E-state index is 13.8. The van der Waals surface area contributed by atoms with Gasteiger partial charge in [-0.2, -0.15) is 4.98 Å². The second kappa shape index (κ2) is 10.3. The normalized spacial score (nSPS) is 15.5. The molecular weight excluding hydrogens is 451 g/mol. The second-order valence-corrected chi connectivity index (χ2v) is 8.58. The number of amides is 1. The van der Waals surface area contributed by atoms with Crippen LogP contribution >= 0.6 is 0 Å². The number of fused-ring (bicyclic) bond motifs is 1. The van der Waals surface area contributed by atoms with E-state index in [2.05, 4.69) is 4.90 Å². The predicted octanol–water partition coefficient (Wildman–Crippen LogP) is 4.25. The summed E-state index contributed by atoms with van der Waals surface area (Å²) in [6.45, 7) is 5.22. The molecule has 182 valence electrons. The Bertz CT molecular complexity index is 1200. The van der Waals surface area contributed by atoms with E-state index in [9.17, 15) is 9.18 Å². The Morgan fingerprint density at radius 2 is 1.89 bits per heavy atom. The molecule has 0 radical (unpaired) electrons. The fraction of sp³-hybridized carbons (Fsp3) is 0.346. The smallest absolute Gasteiger partial charge is 0.410 e. The number of ether oxygens (including phenoxy) is 3. The van der Waals surface area contributed by atoms with Crippen molar-refractivity contribution in [3.63, 3.8) is 0 Å². The lowest BCUT2D eigenvalue weighted by Crippen LogP contribution is -2.39. The average Bonchev–Trinajstić information content (AvgIpc) is 2.90. The SMILES string of the molecule is Cc1cc(Oc2nc(N3CCOCC3)nc3c2CN(C(=O)OCc2ccccc2)CC3)ccc1F. The molecule has 0 atom stereocenters. The molecule has 9 heteroatoms. The lowest BCUT2D eigenvalue weighted by atomic mass is 10.1. The van der Waals surface area contributed by atoms with Crippen LogP contribution in [0.15, 0.2) is 48.5 Å². The largest absolute Gasteiger partial charge is 0.445 e. The third kappa shape index (κ3) is 5.35. The summed E-state index contributed by atoms with van der Waals surface area (Å²) in [6.07, 6.45) is 0.148. The van der Waals surface area contributed by atoms with Crippen molar-refractivity contribution in [1.82, 2.24) is 14.9 Å². The Morgan fingerprint density at radius 3 is 2.66 bits per heavy atom. The molecule has 2 aliphatic rings. The molecule has 0 aliphatic carbocycles. The van der Waals surface area contributed by atoms with Crippen LogP contribution in [0.25, 0.3) is 0 Å². The molecule has 3 heterocycles. The minimum Gasteiger partial charge on any atom is -0.445 e. The van der Waals surface area contributed by atoms with Crippen LogP contribution in [0.5, 0.6) is 11.6 Å². The van der Waals surface area contributed by atoms with Gasteiger partial charge in [-0.3, -0.25) is 0 Å². The van der Waals surface area contributed by atoms with Crippen LogP contribution in [-0.2, 0) is 29.0 Å². The Labute approximate surface area is 203 Å². The molecule has 3 aromatic rings. The zero-order valence-electron chi connectivity index (χ0n) is 19.6. The maximum atomic E-state index is 13.8. The first kappa shape index (κ1) is 23.0. The number of rotatable bonds is 5. The number of carbonyl (C=O) groups excluding carboxylic acids is 1. The quantitative estimate of drug-likeness (QED) is 0.543. The van der Waals surface area contributed by atoms with Crippen LogP contribution < -0.4 is 9.64 Å². The molecule has 35 heavy (non-hydrogen) atoms. The van der Waals surface area contributed by atoms with Crippen molar-refractivity contribution >= 4 is 12.0 Å². The highest BCUT2D eigenvalue weighted by Crippen LogP contribution is 2.32. The monoisotopic (exact) mass is 478 g/mol. The Morgan fingerprint density at radius 1 is 1.09 bits per heavy atom. The molecule has 0 saturated carbocycles. The van der Waals surface area contributed by atoms with Crippen molar-refractivity contribution < 1.29 is 23.4 Å². The lowest BCUT2D eigenvalue weighted by molar-refractivity contribution is 0.0911. The van der Waals surface area contributed by atoms with E-state index < -0.39 is 6.09 Å². The summed E-state index contributed by atoms with van der Waals surface area (Å²) < 4.78 is 30.9. The molecule has 1 aromatic heterocycles. The molecule has 2 aliphatic heterocycles. The van der Waals surface area contributed by atoms with Crippen LogP contribution in [0.4, 0.5) is 15.1 Å². The molecule has 1 fully saturated rings. The van der Waals surface area contributed by atoms with Crippen molar-refractivity contribution in [1.29, 1.82) is 0 Å². The van der Waals surface area contributed by atoms with Crippen molar-refractivity contribution in [2.24, 2.45) is 0 Å². The van der Waals surface area contributed by atoms with E-state index in [1.54, 1.807) is 24.0 Å². The fourth-order valence-corrected chi connectivity index (χ4v) is 4.12. The van der Waals surface area contributed by atoms with Gasteiger partial charge < -0.3 is 24.0 Å². The van der Waals surface area contributed by atoms with Gasteiger partial charge in [-0.05, 0) is 36.2 Å². The standard InChI is InChI=1S/C26H27FN4O4/c1-18-15-20(7-8-22(18)27)35-24-21-16-31(26(32)34-17-19-5-3-2-4-6-19)10-9-23(21)28-25(29-24)30-11-13-33-14-12-30/h2-8,15H,9-14,16-17H2,1H3. The highest BCUT2D eigenvalue weighted by atomic mass is 19.1. The Kier molecular flexibility index (Phi) is 6.76. The highest BCUT2D eigenvalue weighted by Gasteiger charge is 2.29. The van der Waals surface area contributed by atoms with Crippen LogP contribution in [0.2, 0.25) is 0 Å². The average molecular weight is 479 g/mol. The van der Waals surface area contributed by atoms with E-state index in [1.165, 1.54) is 6.07 Å². The third-order valence-electron chi connectivity index (χ3n) is 6.11. The molecule has 1 amide bonds. The van der Waals surface area contributed by atoms with Crippen molar-refractivity contribution in [2.75, 3.05) is 37.7 Å². The van der Waals surface area contributed by atoms with Gasteiger partial charge in [0.2, 0.25) is 11.8 Å². The maximum Gasteiger partial charge on any atom is 0.410 e. The van der Waals surface area contributed by atoms with Gasteiger partial charge >= 0.3 is 6.09 Å². The predicted molar refractivity (Wildman–Crippen MR) is 127 cm³/mol. The number of morpholine rings is 1. The van der Waals surface area contributed by atoms with Gasteiger partial charge in [-0.15, -0.1) is 0 Å². The fourth-order valence-electron chi connectivity index (χ4n) is 4.12. The molecule has 0 spiro atoms. The number of aryl methyl sites for hydroxylation is 1. The first-order valence-corrected chi connectivity index (χ1v) is 11.7. The zero-order valence-corrected chi connectivity index (χ0v) is 19.6. The summed E-state index contributed by atoms with van der Waals surface area (Å²) in [5.74, 6) is 1.11. The first-order chi connectivity index (χ1) is 17.1. The highest BCUT2D eigenvalue weighted by molar-refractivity contribution is 5.68. The Balaban J connectivity index is 1.40. The molecule has 2 aromatic carbocycles. The minimum absolute atomic E-state index is 0.202. The number of hydrogen-bond donors (Lipinski definition) is 0. The van der Waals surface area contributed by atoms with Crippen molar-refractivity contribution in [2.45, 2.75) is 26.5 Å². The minimum atomic E-state index is -0.402. The Hall–Kier alpha value is -3.72. The number of benzene rings is 2. The van der Waals surface area contributed by atoms with Gasteiger partial charge in [0.15, 0.2) is 0 Å². The van der Waals surface area contributed by atoms with E-state index in [1.807, 2.05) is 30.3 Å². The summed E-state index contributed by atoms with van der Waals surface area (Å²) in [5, 5.41) is 0. The number of carbonyl (C=O) groups is 1. The summed E-state index contributed by atoms with van der Waals surface area (Å²) in [4.78, 5) is 26.0. The lowest BCUT2D eigenvalue weighted by Gasteiger charge is -2.31. The number of hydrogen-bond acceptors (Lipinski definition) is 7. The van der Waals surface area contributed by atoms with E-state index >= 15 is 0 Å². The van der Waals surface area contributed by atoms with Crippen LogP contribution in [0.1, 0.15) is 22.4 Å². The molecule has 0 unspecified atom stereocenters. The number of anilines is 1. The van der Waals surface area contributed by atoms with Crippen molar-refractivity contribution in [3.8, 4) is 11.6 Å². The van der Waals surface area contributed by atoms with E-state index in [0.717, 1.165) is 16.8 Å². The van der Waals surface area contributed by atoms with E-state index in [4.69, 9.17) is 24.2 Å². The number of nitrogens with zero attached hydrogens (tertiary/aromatic N) is 4. The van der Waals surface area contributed by atoms with Gasteiger partial charge in [-0.1, -0.05) is 30.3 Å². The second-order valence-electron chi connectivity index (χ2n) is 8.58. The van der Waals surface area contributed by atoms with E-state index in [-0.39, 0.29) is 19.0 Å². The van der Waals surface area contributed by atoms with Crippen LogP contribution in [0.3, 0.4) is 0 Å². The van der Waals surface area contributed by atoms with Gasteiger partial charge in [-0.25, -0.2) is 14.2 Å². The summed E-state index contributed by atoms with van der Waals surface area (Å²) >= 11 is 0. The summed E-state index contributed by atoms with van der Waals surface area (Å²) in [7, 11) is 0. The van der Waals surface area contributed by atoms with Crippen LogP contribution in [0, 0.1) is 12.7 Å². The zero-order chi connectivity index (χ0) is 24.2. The van der Waals surface area contributed by atoms with Gasteiger partial charge in [0.1, 0.15) is 18.2 Å². The summed E-state index contributed by atoms with van der Waals surface area (Å²) in [6, 6.07) is 14.1. The van der Waals surface area contributed by atoms with E-state index in [0.29, 0.717) is 62.4 Å². The number of aromatic nitrogens is 2. The molecule has 0 N–H and O–H groups in total. The molecule has 0 bridgehead atoms. The van der Waals surface area contributed by atoms with Crippen LogP contribution in [-0.4, -0.2) is 53.8 Å².